The lowest BCUT2D eigenvalue weighted by atomic mass is 9.78. The summed E-state index contributed by atoms with van der Waals surface area (Å²) in [4.78, 5) is 16.2. The third kappa shape index (κ3) is 13.2. The zero-order chi connectivity index (χ0) is 50.0. The molecule has 3 aliphatic carbocycles. The Hall–Kier alpha value is -5.87. The second-order valence-corrected chi connectivity index (χ2v) is 21.6. The normalized spacial score (nSPS) is 21.3. The van der Waals surface area contributed by atoms with Gasteiger partial charge in [0.25, 0.3) is 0 Å². The van der Waals surface area contributed by atoms with Crippen molar-refractivity contribution in [3.63, 3.8) is 0 Å². The summed E-state index contributed by atoms with van der Waals surface area (Å²) >= 11 is 0. The van der Waals surface area contributed by atoms with E-state index in [1.54, 1.807) is 14.2 Å². The lowest BCUT2D eigenvalue weighted by Crippen LogP contribution is -2.42. The Balaban J connectivity index is 0.000000197. The molecule has 3 aliphatic rings. The number of rotatable bonds is 15. The number of amides is 1. The maximum absolute atomic E-state index is 14.1. The van der Waals surface area contributed by atoms with Gasteiger partial charge in [0.05, 0.1) is 26.6 Å². The number of hydrogen-bond donors (Lipinski definition) is 2. The number of aryl methyl sites for hydroxylation is 2. The van der Waals surface area contributed by atoms with Gasteiger partial charge in [0, 0.05) is 72.0 Å². The Kier molecular flexibility index (Phi) is 17.4. The van der Waals surface area contributed by atoms with Crippen LogP contribution in [0.5, 0.6) is 11.5 Å². The summed E-state index contributed by atoms with van der Waals surface area (Å²) in [6, 6.07) is 31.4. The zero-order valence-corrected chi connectivity index (χ0v) is 43.9. The van der Waals surface area contributed by atoms with Gasteiger partial charge in [0.15, 0.2) is 0 Å². The van der Waals surface area contributed by atoms with Crippen LogP contribution < -0.4 is 25.4 Å². The van der Waals surface area contributed by atoms with E-state index < -0.39 is 0 Å². The van der Waals surface area contributed by atoms with Gasteiger partial charge in [-0.1, -0.05) is 48.5 Å². The van der Waals surface area contributed by atoms with Crippen LogP contribution in [0.15, 0.2) is 110 Å². The lowest BCUT2D eigenvalue weighted by Gasteiger charge is -2.36. The molecule has 71 heavy (non-hydrogen) atoms. The van der Waals surface area contributed by atoms with Crippen LogP contribution in [0.2, 0.25) is 0 Å². The van der Waals surface area contributed by atoms with Gasteiger partial charge in [-0.25, -0.2) is 0 Å². The molecule has 2 heterocycles. The van der Waals surface area contributed by atoms with E-state index in [2.05, 4.69) is 159 Å². The van der Waals surface area contributed by atoms with E-state index in [0.717, 1.165) is 98.7 Å². The van der Waals surface area contributed by atoms with Crippen molar-refractivity contribution in [1.29, 1.82) is 0 Å². The number of ether oxygens (including phenoxy) is 2. The molecule has 0 atom stereocenters. The minimum Gasteiger partial charge on any atom is -0.496 e. The number of carbonyl (C=O) groups is 1. The average Bonchev–Trinajstić information content (AvgIpc) is 4.11. The smallest absolute Gasteiger partial charge is 0.230 e. The summed E-state index contributed by atoms with van der Waals surface area (Å²) in [5.74, 6) is 4.77. The maximum atomic E-state index is 14.1. The van der Waals surface area contributed by atoms with Crippen molar-refractivity contribution in [2.24, 2.45) is 23.5 Å². The van der Waals surface area contributed by atoms with Crippen LogP contribution in [0, 0.1) is 31.6 Å². The van der Waals surface area contributed by atoms with Crippen LogP contribution in [0.4, 0.5) is 11.4 Å². The molecule has 0 radical (unpaired) electrons. The number of nitrogens with one attached hydrogen (secondary N) is 1. The Labute approximate surface area is 424 Å². The van der Waals surface area contributed by atoms with Gasteiger partial charge < -0.3 is 25.4 Å². The maximum Gasteiger partial charge on any atom is 0.230 e. The molecule has 6 aromatic rings. The number of benzene rings is 4. The molecule has 378 valence electrons. The van der Waals surface area contributed by atoms with Gasteiger partial charge in [-0.15, -0.1) is 0 Å². The van der Waals surface area contributed by atoms with Crippen molar-refractivity contribution in [3.8, 4) is 33.8 Å². The van der Waals surface area contributed by atoms with Crippen LogP contribution in [-0.2, 0) is 4.79 Å². The molecule has 10 heteroatoms. The Morgan fingerprint density at radius 1 is 0.634 bits per heavy atom. The number of hydrogen-bond acceptors (Lipinski definition) is 7. The summed E-state index contributed by atoms with van der Waals surface area (Å²) in [6.07, 6.45) is 21.5. The molecule has 0 bridgehead atoms. The first-order valence-electron chi connectivity index (χ1n) is 26.7. The molecule has 9 rings (SSSR count). The van der Waals surface area contributed by atoms with Gasteiger partial charge in [0.1, 0.15) is 11.5 Å². The number of anilines is 2. The quantitative estimate of drug-likeness (QED) is 0.105. The molecule has 1 amide bonds. The van der Waals surface area contributed by atoms with Crippen molar-refractivity contribution in [1.82, 2.24) is 19.6 Å². The van der Waals surface area contributed by atoms with E-state index >= 15 is 0 Å². The van der Waals surface area contributed by atoms with E-state index in [-0.39, 0.29) is 17.9 Å². The fraction of sp³-hybridized carbons (Fsp3) is 0.492. The second kappa shape index (κ2) is 24.0. The van der Waals surface area contributed by atoms with Crippen molar-refractivity contribution < 1.29 is 14.3 Å². The number of nitrogens with zero attached hydrogens (tertiary/aromatic N) is 5. The van der Waals surface area contributed by atoms with E-state index in [4.69, 9.17) is 15.2 Å². The molecule has 10 nitrogen and oxygen atoms in total. The molecular formula is C61H81N7O3. The fourth-order valence-electron chi connectivity index (χ4n) is 11.3. The summed E-state index contributed by atoms with van der Waals surface area (Å²) < 4.78 is 14.9. The van der Waals surface area contributed by atoms with E-state index in [9.17, 15) is 4.79 Å². The van der Waals surface area contributed by atoms with E-state index in [1.165, 1.54) is 64.8 Å². The predicted molar refractivity (Wildman–Crippen MR) is 292 cm³/mol. The van der Waals surface area contributed by atoms with Crippen LogP contribution in [0.25, 0.3) is 22.3 Å². The highest BCUT2D eigenvalue weighted by Gasteiger charge is 2.32. The number of aromatic nitrogens is 4. The molecule has 3 saturated carbocycles. The lowest BCUT2D eigenvalue weighted by molar-refractivity contribution is -0.123. The molecule has 2 aromatic heterocycles. The van der Waals surface area contributed by atoms with E-state index in [1.807, 2.05) is 21.8 Å². The molecule has 0 unspecified atom stereocenters. The zero-order valence-electron chi connectivity index (χ0n) is 43.9. The first kappa shape index (κ1) is 51.5. The summed E-state index contributed by atoms with van der Waals surface area (Å²) in [6.45, 7) is 14.7. The van der Waals surface area contributed by atoms with Gasteiger partial charge in [-0.2, -0.15) is 10.2 Å². The molecule has 4 aromatic carbocycles. The minimum atomic E-state index is 0.0609. The van der Waals surface area contributed by atoms with Crippen molar-refractivity contribution >= 4 is 17.3 Å². The number of carbonyl (C=O) groups excluding carboxylic acids is 1. The van der Waals surface area contributed by atoms with Crippen LogP contribution in [-0.4, -0.2) is 58.8 Å². The topological polar surface area (TPSA) is 112 Å². The third-order valence-corrected chi connectivity index (χ3v) is 15.8. The highest BCUT2D eigenvalue weighted by Crippen LogP contribution is 2.40. The molecule has 0 spiro atoms. The monoisotopic (exact) mass is 960 g/mol. The molecule has 3 fully saturated rings. The highest BCUT2D eigenvalue weighted by atomic mass is 16.5. The Bertz CT molecular complexity index is 2640. The Morgan fingerprint density at radius 3 is 1.63 bits per heavy atom. The van der Waals surface area contributed by atoms with Crippen LogP contribution >= 0.6 is 0 Å². The van der Waals surface area contributed by atoms with Crippen molar-refractivity contribution in [2.75, 3.05) is 37.5 Å². The summed E-state index contributed by atoms with van der Waals surface area (Å²) in [5, 5.41) is 12.7. The van der Waals surface area contributed by atoms with Gasteiger partial charge in [-0.05, 0) is 212 Å². The van der Waals surface area contributed by atoms with Gasteiger partial charge >= 0.3 is 0 Å². The third-order valence-electron chi connectivity index (χ3n) is 15.8. The summed E-state index contributed by atoms with van der Waals surface area (Å²) in [5.41, 5.74) is 18.3. The average molecular weight is 960 g/mol. The predicted octanol–water partition coefficient (Wildman–Crippen LogP) is 14.1. The van der Waals surface area contributed by atoms with E-state index in [0.29, 0.717) is 29.8 Å². The Morgan fingerprint density at radius 2 is 1.14 bits per heavy atom. The molecule has 0 saturated heterocycles. The summed E-state index contributed by atoms with van der Waals surface area (Å²) in [7, 11) is 3.48. The van der Waals surface area contributed by atoms with Gasteiger partial charge in [-0.3, -0.25) is 14.2 Å². The largest absolute Gasteiger partial charge is 0.496 e. The SMILES string of the molecule is COc1ccc(C2CCC(CN(C(=O)C3CCC(N)CC3)c3cccc(-c4cnn(C(C)C)c4)c3)CC2)cc1C.COc1ccc(C2CCC(CNc3cccc(-c4cnn(C(C)C)c4)c3)CC2)cc1C. The number of nitrogens with two attached hydrogens (primary N) is 1. The number of methoxy groups -OCH3 is 2. The first-order valence-corrected chi connectivity index (χ1v) is 26.7. The minimum absolute atomic E-state index is 0.0609. The van der Waals surface area contributed by atoms with Crippen LogP contribution in [0.3, 0.4) is 0 Å². The molecule has 0 aliphatic heterocycles. The fourth-order valence-corrected chi connectivity index (χ4v) is 11.3. The van der Waals surface area contributed by atoms with Crippen molar-refractivity contribution in [2.45, 2.75) is 149 Å². The first-order chi connectivity index (χ1) is 34.3. The molecular weight excluding hydrogens is 879 g/mol. The second-order valence-electron chi connectivity index (χ2n) is 21.6. The van der Waals surface area contributed by atoms with Crippen molar-refractivity contribution in [3.05, 3.63) is 132 Å². The highest BCUT2D eigenvalue weighted by molar-refractivity contribution is 5.95. The van der Waals surface area contributed by atoms with Crippen LogP contribution in [0.1, 0.15) is 151 Å². The standard InChI is InChI=1S/C34H46N4O2.C27H35N3O/c1-23(2)38-22-30(20-36-38)28-6-5-7-32(19-28)37(34(39)27-12-15-31(35)16-13-27)21-25-8-10-26(11-9-25)29-14-17-33(40-4)24(3)18-29;1-19(2)30-18-25(17-29-30)23-6-5-7-26(15-23)28-16-21-8-10-22(11-9-21)24-12-13-27(31-4)20(3)14-24/h5-7,14,17-20,22-23,25-27,31H,8-13,15-16,21,35H2,1-4H3;5-7,12-15,17-19,21-22,28H,8-11,16H2,1-4H3. The molecule has 3 N–H and O–H groups in total. The van der Waals surface area contributed by atoms with Gasteiger partial charge in [0.2, 0.25) is 5.91 Å².